The highest BCUT2D eigenvalue weighted by Gasteiger charge is 2.32. The average molecular weight is 268 g/mol. The van der Waals surface area contributed by atoms with E-state index in [1.54, 1.807) is 12.3 Å². The number of hydrogen-bond acceptors (Lipinski definition) is 2. The van der Waals surface area contributed by atoms with E-state index in [1.807, 2.05) is 6.07 Å². The first-order valence-electron chi connectivity index (χ1n) is 6.67. The fourth-order valence-corrected chi connectivity index (χ4v) is 3.30. The molecule has 1 fully saturated rings. The summed E-state index contributed by atoms with van der Waals surface area (Å²) in [5.74, 6) is 0.742. The van der Waals surface area contributed by atoms with E-state index in [2.05, 4.69) is 25.8 Å². The van der Waals surface area contributed by atoms with Crippen molar-refractivity contribution in [2.24, 2.45) is 11.3 Å². The minimum absolute atomic E-state index is 0.351. The molecule has 1 aromatic rings. The van der Waals surface area contributed by atoms with Crippen molar-refractivity contribution in [3.63, 3.8) is 0 Å². The summed E-state index contributed by atoms with van der Waals surface area (Å²) >= 11 is 5.94. The molecule has 0 aromatic carbocycles. The normalized spacial score (nSPS) is 27.1. The first-order valence-corrected chi connectivity index (χ1v) is 7.04. The molecule has 0 aliphatic heterocycles. The molecule has 0 N–H and O–H groups in total. The van der Waals surface area contributed by atoms with Crippen LogP contribution in [-0.4, -0.2) is 11.1 Å². The number of rotatable bonds is 3. The van der Waals surface area contributed by atoms with E-state index in [0.29, 0.717) is 18.1 Å². The van der Waals surface area contributed by atoms with Gasteiger partial charge in [-0.05, 0) is 42.7 Å². The lowest BCUT2D eigenvalue weighted by Crippen LogP contribution is -2.32. The van der Waals surface area contributed by atoms with Crippen molar-refractivity contribution >= 4 is 11.6 Å². The van der Waals surface area contributed by atoms with Gasteiger partial charge in [0.2, 0.25) is 0 Å². The van der Waals surface area contributed by atoms with Gasteiger partial charge in [0.1, 0.15) is 0 Å². The van der Waals surface area contributed by atoms with Crippen molar-refractivity contribution in [2.75, 3.05) is 0 Å². The first-order chi connectivity index (χ1) is 8.44. The Labute approximate surface area is 115 Å². The average Bonchev–Trinajstić information content (AvgIpc) is 2.24. The van der Waals surface area contributed by atoms with Crippen LogP contribution in [0.2, 0.25) is 5.02 Å². The summed E-state index contributed by atoms with van der Waals surface area (Å²) in [4.78, 5) is 4.27. The number of halogens is 1. The zero-order chi connectivity index (χ0) is 13.2. The fraction of sp³-hybridized carbons (Fsp3) is 0.667. The Bertz CT molecular complexity index is 405. The lowest BCUT2D eigenvalue weighted by atomic mass is 9.71. The minimum Gasteiger partial charge on any atom is -0.372 e. The predicted molar refractivity (Wildman–Crippen MR) is 74.6 cm³/mol. The molecule has 0 amide bonds. The smallest absolute Gasteiger partial charge is 0.0892 e. The Kier molecular flexibility index (Phi) is 4.29. The maximum Gasteiger partial charge on any atom is 0.0892 e. The first kappa shape index (κ1) is 13.8. The third-order valence-electron chi connectivity index (χ3n) is 3.59. The zero-order valence-electron chi connectivity index (χ0n) is 11.4. The van der Waals surface area contributed by atoms with Crippen LogP contribution in [0, 0.1) is 11.3 Å². The quantitative estimate of drug-likeness (QED) is 0.806. The molecule has 100 valence electrons. The zero-order valence-corrected chi connectivity index (χ0v) is 12.2. The Hall–Kier alpha value is -0.600. The number of pyridine rings is 1. The standard InChI is InChI=1S/C15H22ClNO/c1-11-6-14(9-15(2,3)8-11)18-10-13-7-12(16)4-5-17-13/h4-5,7,11,14H,6,8-10H2,1-3H3. The highest BCUT2D eigenvalue weighted by molar-refractivity contribution is 6.30. The minimum atomic E-state index is 0.351. The van der Waals surface area contributed by atoms with E-state index in [-0.39, 0.29) is 0 Å². The van der Waals surface area contributed by atoms with Gasteiger partial charge in [-0.1, -0.05) is 32.4 Å². The van der Waals surface area contributed by atoms with Crippen molar-refractivity contribution in [2.45, 2.75) is 52.7 Å². The molecule has 0 bridgehead atoms. The van der Waals surface area contributed by atoms with E-state index in [1.165, 1.54) is 6.42 Å². The molecular formula is C15H22ClNO. The maximum atomic E-state index is 6.01. The van der Waals surface area contributed by atoms with Crippen molar-refractivity contribution in [3.8, 4) is 0 Å². The summed E-state index contributed by atoms with van der Waals surface area (Å²) in [5.41, 5.74) is 1.31. The van der Waals surface area contributed by atoms with Gasteiger partial charge in [0.25, 0.3) is 0 Å². The lowest BCUT2D eigenvalue weighted by molar-refractivity contribution is -0.0326. The van der Waals surface area contributed by atoms with Gasteiger partial charge in [-0.2, -0.15) is 0 Å². The molecule has 1 heterocycles. The molecular weight excluding hydrogens is 246 g/mol. The number of nitrogens with zero attached hydrogens (tertiary/aromatic N) is 1. The van der Waals surface area contributed by atoms with Crippen LogP contribution < -0.4 is 0 Å². The summed E-state index contributed by atoms with van der Waals surface area (Å²) < 4.78 is 6.01. The van der Waals surface area contributed by atoms with Crippen LogP contribution in [0.5, 0.6) is 0 Å². The summed E-state index contributed by atoms with van der Waals surface area (Å²) in [5, 5.41) is 0.723. The largest absolute Gasteiger partial charge is 0.372 e. The van der Waals surface area contributed by atoms with Crippen LogP contribution in [0.4, 0.5) is 0 Å². The van der Waals surface area contributed by atoms with Crippen molar-refractivity contribution in [1.29, 1.82) is 0 Å². The third kappa shape index (κ3) is 3.96. The summed E-state index contributed by atoms with van der Waals surface area (Å²) in [6.07, 6.45) is 5.67. The second-order valence-electron chi connectivity index (χ2n) is 6.31. The number of hydrogen-bond donors (Lipinski definition) is 0. The van der Waals surface area contributed by atoms with Crippen LogP contribution in [-0.2, 0) is 11.3 Å². The van der Waals surface area contributed by atoms with Gasteiger partial charge < -0.3 is 4.74 Å². The second-order valence-corrected chi connectivity index (χ2v) is 6.75. The summed E-state index contributed by atoms with van der Waals surface area (Å²) in [7, 11) is 0. The van der Waals surface area contributed by atoms with Crippen LogP contribution in [0.15, 0.2) is 18.3 Å². The molecule has 1 aliphatic carbocycles. The van der Waals surface area contributed by atoms with E-state index >= 15 is 0 Å². The summed E-state index contributed by atoms with van der Waals surface area (Å²) in [6, 6.07) is 3.66. The summed E-state index contributed by atoms with van der Waals surface area (Å²) in [6.45, 7) is 7.54. The van der Waals surface area contributed by atoms with Crippen LogP contribution in [0.1, 0.15) is 45.7 Å². The van der Waals surface area contributed by atoms with Crippen LogP contribution in [0.3, 0.4) is 0 Å². The molecule has 2 nitrogen and oxygen atoms in total. The predicted octanol–water partition coefficient (Wildman–Crippen LogP) is 4.47. The van der Waals surface area contributed by atoms with Crippen molar-refractivity contribution in [1.82, 2.24) is 4.98 Å². The highest BCUT2D eigenvalue weighted by Crippen LogP contribution is 2.39. The van der Waals surface area contributed by atoms with Gasteiger partial charge >= 0.3 is 0 Å². The van der Waals surface area contributed by atoms with Crippen LogP contribution in [0.25, 0.3) is 0 Å². The molecule has 1 aliphatic rings. The van der Waals surface area contributed by atoms with E-state index in [4.69, 9.17) is 16.3 Å². The number of aromatic nitrogens is 1. The van der Waals surface area contributed by atoms with Crippen molar-refractivity contribution in [3.05, 3.63) is 29.0 Å². The Morgan fingerprint density at radius 2 is 2.22 bits per heavy atom. The highest BCUT2D eigenvalue weighted by atomic mass is 35.5. The molecule has 2 rings (SSSR count). The molecule has 1 aromatic heterocycles. The molecule has 0 radical (unpaired) electrons. The molecule has 1 saturated carbocycles. The lowest BCUT2D eigenvalue weighted by Gasteiger charge is -2.38. The Morgan fingerprint density at radius 1 is 1.44 bits per heavy atom. The molecule has 2 atom stereocenters. The van der Waals surface area contributed by atoms with E-state index in [0.717, 1.165) is 29.5 Å². The molecule has 18 heavy (non-hydrogen) atoms. The monoisotopic (exact) mass is 267 g/mol. The van der Waals surface area contributed by atoms with Gasteiger partial charge in [0.15, 0.2) is 0 Å². The second kappa shape index (κ2) is 5.58. The SMILES string of the molecule is CC1CC(OCc2cc(Cl)ccn2)CC(C)(C)C1. The van der Waals surface area contributed by atoms with Gasteiger partial charge in [-0.15, -0.1) is 0 Å². The van der Waals surface area contributed by atoms with Gasteiger partial charge in [0, 0.05) is 11.2 Å². The van der Waals surface area contributed by atoms with Gasteiger partial charge in [-0.3, -0.25) is 4.98 Å². The Balaban J connectivity index is 1.90. The molecule has 0 saturated heterocycles. The van der Waals surface area contributed by atoms with Gasteiger partial charge in [0.05, 0.1) is 18.4 Å². The van der Waals surface area contributed by atoms with E-state index in [9.17, 15) is 0 Å². The van der Waals surface area contributed by atoms with Crippen LogP contribution >= 0.6 is 11.6 Å². The maximum absolute atomic E-state index is 6.01. The number of ether oxygens (including phenoxy) is 1. The fourth-order valence-electron chi connectivity index (χ4n) is 3.12. The Morgan fingerprint density at radius 3 is 2.89 bits per heavy atom. The third-order valence-corrected chi connectivity index (χ3v) is 3.83. The van der Waals surface area contributed by atoms with E-state index < -0.39 is 0 Å². The topological polar surface area (TPSA) is 22.1 Å². The molecule has 2 unspecified atom stereocenters. The van der Waals surface area contributed by atoms with Gasteiger partial charge in [-0.25, -0.2) is 0 Å². The van der Waals surface area contributed by atoms with Crippen molar-refractivity contribution < 1.29 is 4.74 Å². The molecule has 0 spiro atoms. The molecule has 3 heteroatoms.